The van der Waals surface area contributed by atoms with Crippen molar-refractivity contribution >= 4 is 23.1 Å². The molecule has 6 nitrogen and oxygen atoms in total. The summed E-state index contributed by atoms with van der Waals surface area (Å²) in [6.45, 7) is 12.5. The molecule has 3 aromatic rings. The van der Waals surface area contributed by atoms with Crippen LogP contribution in [0.15, 0.2) is 66.5 Å². The second-order valence-electron chi connectivity index (χ2n) is 10.1. The lowest BCUT2D eigenvalue weighted by atomic mass is 9.84. The zero-order valence-corrected chi connectivity index (χ0v) is 21.6. The quantitative estimate of drug-likeness (QED) is 0.272. The third kappa shape index (κ3) is 4.51. The lowest BCUT2D eigenvalue weighted by molar-refractivity contribution is -0.132. The van der Waals surface area contributed by atoms with E-state index in [0.29, 0.717) is 23.4 Å². The van der Waals surface area contributed by atoms with Crippen LogP contribution in [0.2, 0.25) is 0 Å². The number of benzene rings is 2. The van der Waals surface area contributed by atoms with Gasteiger partial charge in [-0.25, -0.2) is 0 Å². The fraction of sp³-hybridized carbons (Fsp3) is 0.300. The van der Waals surface area contributed by atoms with Gasteiger partial charge in [0.05, 0.1) is 18.2 Å². The summed E-state index contributed by atoms with van der Waals surface area (Å²) in [6.07, 6.45) is 3.26. The Kier molecular flexibility index (Phi) is 6.72. The average molecular weight is 485 g/mol. The van der Waals surface area contributed by atoms with Crippen molar-refractivity contribution < 1.29 is 19.4 Å². The molecule has 1 fully saturated rings. The van der Waals surface area contributed by atoms with E-state index in [-0.39, 0.29) is 16.7 Å². The van der Waals surface area contributed by atoms with Crippen molar-refractivity contribution in [2.75, 3.05) is 11.5 Å². The van der Waals surface area contributed by atoms with E-state index >= 15 is 0 Å². The van der Waals surface area contributed by atoms with Gasteiger partial charge in [-0.05, 0) is 67.6 Å². The highest BCUT2D eigenvalue weighted by atomic mass is 16.5. The van der Waals surface area contributed by atoms with Crippen LogP contribution in [0.4, 0.5) is 5.69 Å². The molecule has 2 heterocycles. The van der Waals surface area contributed by atoms with Gasteiger partial charge in [0.25, 0.3) is 11.7 Å². The summed E-state index contributed by atoms with van der Waals surface area (Å²) < 4.78 is 5.81. The third-order valence-corrected chi connectivity index (χ3v) is 6.42. The van der Waals surface area contributed by atoms with Gasteiger partial charge in [0, 0.05) is 29.2 Å². The van der Waals surface area contributed by atoms with Crippen LogP contribution in [0, 0.1) is 13.8 Å². The van der Waals surface area contributed by atoms with Crippen LogP contribution in [0.1, 0.15) is 61.6 Å². The van der Waals surface area contributed by atoms with Crippen molar-refractivity contribution in [1.82, 2.24) is 4.98 Å². The Bertz CT molecular complexity index is 1350. The Morgan fingerprint density at radius 1 is 1.08 bits per heavy atom. The first-order chi connectivity index (χ1) is 17.0. The van der Waals surface area contributed by atoms with E-state index in [1.165, 1.54) is 4.90 Å². The molecule has 0 spiro atoms. The molecule has 4 rings (SSSR count). The monoisotopic (exact) mass is 484 g/mol. The Morgan fingerprint density at radius 3 is 2.44 bits per heavy atom. The second kappa shape index (κ2) is 9.61. The zero-order chi connectivity index (χ0) is 26.2. The number of pyridine rings is 1. The number of Topliss-reactive ketones (excluding diaryl/α,β-unsaturated/α-hetero) is 1. The number of anilines is 1. The van der Waals surface area contributed by atoms with Crippen molar-refractivity contribution in [1.29, 1.82) is 0 Å². The molecule has 1 saturated heterocycles. The van der Waals surface area contributed by atoms with Crippen LogP contribution >= 0.6 is 0 Å². The number of ether oxygens (including phenoxy) is 1. The fourth-order valence-electron chi connectivity index (χ4n) is 4.71. The lowest BCUT2D eigenvalue weighted by Crippen LogP contribution is -2.30. The normalized spacial score (nSPS) is 17.5. The van der Waals surface area contributed by atoms with Crippen LogP contribution in [0.3, 0.4) is 0 Å². The maximum absolute atomic E-state index is 13.5. The summed E-state index contributed by atoms with van der Waals surface area (Å²) in [7, 11) is 0. The summed E-state index contributed by atoms with van der Waals surface area (Å²) >= 11 is 0. The Labute approximate surface area is 212 Å². The summed E-state index contributed by atoms with van der Waals surface area (Å²) in [5.74, 6) is -0.907. The number of hydrogen-bond donors (Lipinski definition) is 1. The van der Waals surface area contributed by atoms with Crippen LogP contribution in [-0.4, -0.2) is 28.4 Å². The molecule has 6 heteroatoms. The number of hydrogen-bond acceptors (Lipinski definition) is 5. The molecule has 36 heavy (non-hydrogen) atoms. The molecule has 0 bridgehead atoms. The van der Waals surface area contributed by atoms with Gasteiger partial charge >= 0.3 is 0 Å². The molecule has 1 aliphatic heterocycles. The van der Waals surface area contributed by atoms with Crippen molar-refractivity contribution in [3.63, 3.8) is 0 Å². The van der Waals surface area contributed by atoms with E-state index in [0.717, 1.165) is 22.4 Å². The van der Waals surface area contributed by atoms with Gasteiger partial charge in [-0.3, -0.25) is 19.5 Å². The van der Waals surface area contributed by atoms with Crippen molar-refractivity contribution in [3.05, 3.63) is 94.3 Å². The van der Waals surface area contributed by atoms with Gasteiger partial charge < -0.3 is 9.84 Å². The lowest BCUT2D eigenvalue weighted by Gasteiger charge is -2.27. The highest BCUT2D eigenvalue weighted by molar-refractivity contribution is 6.51. The van der Waals surface area contributed by atoms with E-state index in [1.54, 1.807) is 30.6 Å². The van der Waals surface area contributed by atoms with Crippen LogP contribution in [0.25, 0.3) is 5.76 Å². The maximum Gasteiger partial charge on any atom is 0.300 e. The zero-order valence-electron chi connectivity index (χ0n) is 21.6. The molecule has 186 valence electrons. The summed E-state index contributed by atoms with van der Waals surface area (Å²) in [5, 5.41) is 11.5. The molecule has 0 saturated carbocycles. The minimum Gasteiger partial charge on any atom is -0.507 e. The number of aliphatic hydroxyl groups excluding tert-OH is 1. The number of aromatic nitrogens is 1. The number of amides is 1. The molecule has 1 aliphatic rings. The van der Waals surface area contributed by atoms with E-state index < -0.39 is 17.7 Å². The molecular weight excluding hydrogens is 452 g/mol. The molecule has 1 unspecified atom stereocenters. The molecule has 1 atom stereocenters. The Balaban J connectivity index is 1.95. The Hall–Kier alpha value is -3.93. The third-order valence-electron chi connectivity index (χ3n) is 6.42. The maximum atomic E-state index is 13.5. The standard InChI is InChI=1S/C30H32N2O4/c1-7-36-24-13-11-20(16-22(24)30(4,5)6)27(33)25-26(21-9-8-14-31-17-21)32(29(35)28(25)34)23-12-10-18(2)15-19(23)3/h8-17,26,33H,7H2,1-6H3/b27-25-. The molecule has 0 aliphatic carbocycles. The highest BCUT2D eigenvalue weighted by Gasteiger charge is 2.47. The van der Waals surface area contributed by atoms with Gasteiger partial charge in [-0.15, -0.1) is 0 Å². The molecule has 1 amide bonds. The number of carbonyl (C=O) groups excluding carboxylic acids is 2. The number of nitrogens with zero attached hydrogens (tertiary/aromatic N) is 2. The van der Waals surface area contributed by atoms with Crippen molar-refractivity contribution in [2.45, 2.75) is 53.0 Å². The fourth-order valence-corrected chi connectivity index (χ4v) is 4.71. The van der Waals surface area contributed by atoms with Crippen LogP contribution in [0.5, 0.6) is 5.75 Å². The van der Waals surface area contributed by atoms with Gasteiger partial charge in [0.2, 0.25) is 0 Å². The van der Waals surface area contributed by atoms with E-state index in [1.807, 2.05) is 51.1 Å². The smallest absolute Gasteiger partial charge is 0.300 e. The number of carbonyl (C=O) groups is 2. The molecule has 1 N–H and O–H groups in total. The van der Waals surface area contributed by atoms with Crippen molar-refractivity contribution in [2.24, 2.45) is 0 Å². The van der Waals surface area contributed by atoms with Gasteiger partial charge in [0.1, 0.15) is 11.5 Å². The predicted molar refractivity (Wildman–Crippen MR) is 141 cm³/mol. The number of aliphatic hydroxyl groups is 1. The van der Waals surface area contributed by atoms with E-state index in [4.69, 9.17) is 4.74 Å². The summed E-state index contributed by atoms with van der Waals surface area (Å²) in [4.78, 5) is 32.6. The van der Waals surface area contributed by atoms with Crippen molar-refractivity contribution in [3.8, 4) is 5.75 Å². The molecule has 2 aromatic carbocycles. The van der Waals surface area contributed by atoms with Gasteiger partial charge in [-0.2, -0.15) is 0 Å². The second-order valence-corrected chi connectivity index (χ2v) is 10.1. The first-order valence-electron chi connectivity index (χ1n) is 12.1. The average Bonchev–Trinajstić information content (AvgIpc) is 3.09. The largest absolute Gasteiger partial charge is 0.507 e. The Morgan fingerprint density at radius 2 is 1.83 bits per heavy atom. The minimum absolute atomic E-state index is 0.0389. The topological polar surface area (TPSA) is 79.7 Å². The highest BCUT2D eigenvalue weighted by Crippen LogP contribution is 2.43. The van der Waals surface area contributed by atoms with Crippen LogP contribution in [-0.2, 0) is 15.0 Å². The van der Waals surface area contributed by atoms with Crippen LogP contribution < -0.4 is 9.64 Å². The molecule has 1 aromatic heterocycles. The summed E-state index contributed by atoms with van der Waals surface area (Å²) in [6, 6.07) is 13.8. The predicted octanol–water partition coefficient (Wildman–Crippen LogP) is 6.02. The minimum atomic E-state index is -0.815. The first kappa shape index (κ1) is 25.2. The van der Waals surface area contributed by atoms with E-state index in [9.17, 15) is 14.7 Å². The summed E-state index contributed by atoms with van der Waals surface area (Å²) in [5.41, 5.74) is 4.30. The van der Waals surface area contributed by atoms with Gasteiger partial charge in [0.15, 0.2) is 0 Å². The van der Waals surface area contributed by atoms with E-state index in [2.05, 4.69) is 25.8 Å². The number of rotatable bonds is 5. The molecular formula is C30H32N2O4. The first-order valence-corrected chi connectivity index (χ1v) is 12.1. The number of ketones is 1. The SMILES string of the molecule is CCOc1ccc(/C(O)=C2/C(=O)C(=O)N(c3ccc(C)cc3C)C2c2cccnc2)cc1C(C)(C)C. The molecule has 0 radical (unpaired) electrons. The van der Waals surface area contributed by atoms with Gasteiger partial charge in [-0.1, -0.05) is 44.5 Å². The number of aryl methyl sites for hydroxylation is 2.